The predicted octanol–water partition coefficient (Wildman–Crippen LogP) is 19.0. The summed E-state index contributed by atoms with van der Waals surface area (Å²) in [6.45, 7) is 6.26. The number of ether oxygens (including phenoxy) is 3. The molecule has 0 aliphatic carbocycles. The molecule has 0 spiro atoms. The number of carbonyl (C=O) groups is 3. The van der Waals surface area contributed by atoms with E-state index in [0.717, 1.165) is 141 Å². The van der Waals surface area contributed by atoms with Crippen LogP contribution in [0.25, 0.3) is 0 Å². The predicted molar refractivity (Wildman–Crippen MR) is 306 cm³/mol. The molecule has 396 valence electrons. The van der Waals surface area contributed by atoms with Crippen LogP contribution in [0.15, 0.2) is 158 Å². The van der Waals surface area contributed by atoms with Gasteiger partial charge in [0.2, 0.25) is 0 Å². The van der Waals surface area contributed by atoms with Gasteiger partial charge in [-0.25, -0.2) is 0 Å². The SMILES string of the molecule is CC/C=C\C/C=C\C/C=C\C/C=C\C/C=C\CCCCCC(=O)OC[C@H](COC(=O)CC/C=C\C/C=C\C/C=C\C/C=C\C/C=C\CCCCC)OC(=O)CCCCCCC/C=C\C/C=C\C/C=C\CC. The summed E-state index contributed by atoms with van der Waals surface area (Å²) in [6.07, 6.45) is 83.8. The van der Waals surface area contributed by atoms with Gasteiger partial charge in [-0.2, -0.15) is 0 Å². The van der Waals surface area contributed by atoms with Gasteiger partial charge >= 0.3 is 17.9 Å². The van der Waals surface area contributed by atoms with Crippen LogP contribution >= 0.6 is 0 Å². The number of allylic oxidation sites excluding steroid dienone is 26. The quantitative estimate of drug-likeness (QED) is 0.0262. The lowest BCUT2D eigenvalue weighted by atomic mass is 10.1. The minimum atomic E-state index is -0.840. The van der Waals surface area contributed by atoms with E-state index in [2.05, 4.69) is 167 Å². The molecular formula is C65H100O6. The van der Waals surface area contributed by atoms with Crippen LogP contribution in [-0.2, 0) is 28.6 Å². The average molecular weight is 978 g/mol. The van der Waals surface area contributed by atoms with E-state index >= 15 is 0 Å². The summed E-state index contributed by atoms with van der Waals surface area (Å²) < 4.78 is 16.7. The van der Waals surface area contributed by atoms with Gasteiger partial charge in [0.05, 0.1) is 0 Å². The fraction of sp³-hybridized carbons (Fsp3) is 0.554. The lowest BCUT2D eigenvalue weighted by Crippen LogP contribution is -2.30. The Balaban J connectivity index is 4.61. The van der Waals surface area contributed by atoms with Crippen molar-refractivity contribution in [2.45, 2.75) is 219 Å². The molecule has 0 aromatic rings. The third-order valence-electron chi connectivity index (χ3n) is 11.0. The Morgan fingerprint density at radius 1 is 0.296 bits per heavy atom. The van der Waals surface area contributed by atoms with E-state index in [1.165, 1.54) is 25.7 Å². The minimum Gasteiger partial charge on any atom is -0.462 e. The van der Waals surface area contributed by atoms with Gasteiger partial charge in [0.25, 0.3) is 0 Å². The zero-order valence-electron chi connectivity index (χ0n) is 45.2. The first-order chi connectivity index (χ1) is 35.0. The molecule has 0 radical (unpaired) electrons. The van der Waals surface area contributed by atoms with Gasteiger partial charge in [-0.3, -0.25) is 14.4 Å². The third-order valence-corrected chi connectivity index (χ3v) is 11.0. The highest BCUT2D eigenvalue weighted by Crippen LogP contribution is 2.12. The van der Waals surface area contributed by atoms with Gasteiger partial charge in [-0.15, -0.1) is 0 Å². The molecular weight excluding hydrogens is 877 g/mol. The molecule has 0 bridgehead atoms. The van der Waals surface area contributed by atoms with Gasteiger partial charge in [-0.1, -0.05) is 217 Å². The van der Waals surface area contributed by atoms with E-state index in [9.17, 15) is 14.4 Å². The molecule has 0 aromatic heterocycles. The molecule has 0 heterocycles. The van der Waals surface area contributed by atoms with Gasteiger partial charge in [0, 0.05) is 19.3 Å². The zero-order chi connectivity index (χ0) is 51.4. The fourth-order valence-electron chi connectivity index (χ4n) is 6.88. The van der Waals surface area contributed by atoms with Gasteiger partial charge in [0.15, 0.2) is 6.10 Å². The first-order valence-electron chi connectivity index (χ1n) is 28.0. The Morgan fingerprint density at radius 3 is 0.958 bits per heavy atom. The van der Waals surface area contributed by atoms with E-state index in [1.54, 1.807) is 0 Å². The second-order valence-electron chi connectivity index (χ2n) is 17.7. The van der Waals surface area contributed by atoms with Crippen molar-refractivity contribution >= 4 is 17.9 Å². The van der Waals surface area contributed by atoms with E-state index in [-0.39, 0.29) is 44.0 Å². The summed E-state index contributed by atoms with van der Waals surface area (Å²) in [6, 6.07) is 0. The van der Waals surface area contributed by atoms with Crippen LogP contribution in [0.4, 0.5) is 0 Å². The number of rotatable bonds is 48. The summed E-state index contributed by atoms with van der Waals surface area (Å²) in [5, 5.41) is 0. The van der Waals surface area contributed by atoms with Crippen LogP contribution in [0.1, 0.15) is 213 Å². The molecule has 0 rings (SSSR count). The molecule has 0 fully saturated rings. The van der Waals surface area contributed by atoms with Crippen LogP contribution in [0.2, 0.25) is 0 Å². The highest BCUT2D eigenvalue weighted by Gasteiger charge is 2.19. The van der Waals surface area contributed by atoms with Gasteiger partial charge in [-0.05, 0) is 135 Å². The summed E-state index contributed by atoms with van der Waals surface area (Å²) in [5.41, 5.74) is 0. The monoisotopic (exact) mass is 977 g/mol. The standard InChI is InChI=1S/C65H100O6/c1-4-7-10-13-16-19-22-25-28-30-32-34-37-39-42-45-48-51-54-57-63(66)69-60-62(71-65(68)59-56-53-50-47-44-41-36-27-24-21-18-15-12-9-6-3)61-70-64(67)58-55-52-49-46-43-40-38-35-33-31-29-26-23-20-17-14-11-8-5-2/h7,9-10,12,16-21,25-29,32-36,39-40,42-43,49,52,62H,4-6,8,11,13-15,22-24,30-31,37-38,41,44-48,50-51,53-61H2,1-3H3/b10-7-,12-9-,19-16-,20-17-,21-18-,28-25-,29-26-,34-32-,35-33-,36-27-,42-39-,43-40-,52-49-/t62-/m1/s1. The maximum atomic E-state index is 12.8. The van der Waals surface area contributed by atoms with E-state index in [1.807, 2.05) is 12.2 Å². The molecule has 0 aliphatic rings. The summed E-state index contributed by atoms with van der Waals surface area (Å²) >= 11 is 0. The molecule has 0 aliphatic heterocycles. The highest BCUT2D eigenvalue weighted by atomic mass is 16.6. The molecule has 0 aromatic carbocycles. The number of unbranched alkanes of at least 4 members (excludes halogenated alkanes) is 11. The first kappa shape index (κ1) is 66.0. The Bertz CT molecular complexity index is 1640. The third kappa shape index (κ3) is 55.8. The van der Waals surface area contributed by atoms with Crippen molar-refractivity contribution in [1.29, 1.82) is 0 Å². The van der Waals surface area contributed by atoms with E-state index in [0.29, 0.717) is 12.8 Å². The molecule has 71 heavy (non-hydrogen) atoms. The van der Waals surface area contributed by atoms with Crippen molar-refractivity contribution in [3.8, 4) is 0 Å². The smallest absolute Gasteiger partial charge is 0.306 e. The Hall–Kier alpha value is -4.97. The van der Waals surface area contributed by atoms with Crippen LogP contribution < -0.4 is 0 Å². The van der Waals surface area contributed by atoms with Crippen molar-refractivity contribution in [2.75, 3.05) is 13.2 Å². The highest BCUT2D eigenvalue weighted by molar-refractivity contribution is 5.71. The van der Waals surface area contributed by atoms with Crippen molar-refractivity contribution in [3.63, 3.8) is 0 Å². The maximum absolute atomic E-state index is 12.8. The van der Waals surface area contributed by atoms with Crippen molar-refractivity contribution < 1.29 is 28.6 Å². The molecule has 0 amide bonds. The fourth-order valence-corrected chi connectivity index (χ4v) is 6.88. The summed E-state index contributed by atoms with van der Waals surface area (Å²) in [7, 11) is 0. The number of hydrogen-bond donors (Lipinski definition) is 0. The molecule has 0 saturated heterocycles. The maximum Gasteiger partial charge on any atom is 0.306 e. The number of esters is 3. The lowest BCUT2D eigenvalue weighted by molar-refractivity contribution is -0.166. The average Bonchev–Trinajstić information content (AvgIpc) is 3.37. The topological polar surface area (TPSA) is 78.9 Å². The normalized spacial score (nSPS) is 13.3. The number of carbonyl (C=O) groups excluding carboxylic acids is 3. The van der Waals surface area contributed by atoms with Crippen LogP contribution in [0, 0.1) is 0 Å². The second kappa shape index (κ2) is 57.6. The van der Waals surface area contributed by atoms with E-state index < -0.39 is 6.10 Å². The lowest BCUT2D eigenvalue weighted by Gasteiger charge is -2.18. The summed E-state index contributed by atoms with van der Waals surface area (Å²) in [4.78, 5) is 38.1. The van der Waals surface area contributed by atoms with Crippen molar-refractivity contribution in [1.82, 2.24) is 0 Å². The largest absolute Gasteiger partial charge is 0.462 e. The Morgan fingerprint density at radius 2 is 0.577 bits per heavy atom. The Kier molecular flexibility index (Phi) is 53.6. The molecule has 1 atom stereocenters. The Labute approximate surface area is 435 Å². The van der Waals surface area contributed by atoms with Crippen LogP contribution in [0.3, 0.4) is 0 Å². The summed E-state index contributed by atoms with van der Waals surface area (Å²) in [5.74, 6) is -1.07. The number of hydrogen-bond acceptors (Lipinski definition) is 6. The van der Waals surface area contributed by atoms with Crippen molar-refractivity contribution in [3.05, 3.63) is 158 Å². The first-order valence-corrected chi connectivity index (χ1v) is 28.0. The minimum absolute atomic E-state index is 0.133. The van der Waals surface area contributed by atoms with Crippen molar-refractivity contribution in [2.24, 2.45) is 0 Å². The zero-order valence-corrected chi connectivity index (χ0v) is 45.2. The second-order valence-corrected chi connectivity index (χ2v) is 17.7. The molecule has 0 N–H and O–H groups in total. The van der Waals surface area contributed by atoms with Crippen LogP contribution in [-0.4, -0.2) is 37.2 Å². The van der Waals surface area contributed by atoms with Gasteiger partial charge in [0.1, 0.15) is 13.2 Å². The molecule has 6 nitrogen and oxygen atoms in total. The molecule has 0 saturated carbocycles. The molecule has 0 unspecified atom stereocenters. The van der Waals surface area contributed by atoms with Crippen LogP contribution in [0.5, 0.6) is 0 Å². The molecule has 6 heteroatoms. The van der Waals surface area contributed by atoms with E-state index in [4.69, 9.17) is 14.2 Å². The van der Waals surface area contributed by atoms with Gasteiger partial charge < -0.3 is 14.2 Å².